The molecule has 1 saturated carbocycles. The van der Waals surface area contributed by atoms with E-state index in [4.69, 9.17) is 5.73 Å². The van der Waals surface area contributed by atoms with Crippen molar-refractivity contribution in [3.8, 4) is 0 Å². The lowest BCUT2D eigenvalue weighted by Crippen LogP contribution is -2.44. The van der Waals surface area contributed by atoms with E-state index >= 15 is 0 Å². The summed E-state index contributed by atoms with van der Waals surface area (Å²) in [5.74, 6) is 0.131. The first-order chi connectivity index (χ1) is 10.2. The van der Waals surface area contributed by atoms with Gasteiger partial charge in [-0.1, -0.05) is 12.8 Å². The zero-order valence-electron chi connectivity index (χ0n) is 12.4. The van der Waals surface area contributed by atoms with E-state index in [1.54, 1.807) is 0 Å². The largest absolute Gasteiger partial charge is 0.330 e. The van der Waals surface area contributed by atoms with Crippen LogP contribution in [0.3, 0.4) is 0 Å². The minimum Gasteiger partial charge on any atom is -0.330 e. The summed E-state index contributed by atoms with van der Waals surface area (Å²) in [6.07, 6.45) is 5.79. The monoisotopic (exact) mass is 347 g/mol. The second-order valence-electron chi connectivity index (χ2n) is 5.61. The molecule has 2 rings (SSSR count). The minimum atomic E-state index is -3.73. The Labute approximate surface area is 131 Å². The normalized spacial score (nSPS) is 23.4. The third kappa shape index (κ3) is 4.03. The Kier molecular flexibility index (Phi) is 5.21. The van der Waals surface area contributed by atoms with Gasteiger partial charge >= 0.3 is 0 Å². The molecular weight excluding hydrogens is 326 g/mol. The van der Waals surface area contributed by atoms with Crippen LogP contribution in [0, 0.1) is 5.92 Å². The van der Waals surface area contributed by atoms with Gasteiger partial charge in [-0.15, -0.1) is 0 Å². The van der Waals surface area contributed by atoms with Crippen molar-refractivity contribution in [2.45, 2.75) is 41.6 Å². The Morgan fingerprint density at radius 1 is 1.23 bits per heavy atom. The lowest BCUT2D eigenvalue weighted by molar-refractivity contribution is 0.296. The van der Waals surface area contributed by atoms with E-state index in [1.165, 1.54) is 12.1 Å². The van der Waals surface area contributed by atoms with Gasteiger partial charge in [-0.25, -0.2) is 26.5 Å². The van der Waals surface area contributed by atoms with Gasteiger partial charge in [-0.3, -0.25) is 0 Å². The van der Waals surface area contributed by atoms with Gasteiger partial charge in [0.1, 0.15) is 4.90 Å². The summed E-state index contributed by atoms with van der Waals surface area (Å²) in [5, 5.41) is -0.149. The Bertz CT molecular complexity index is 714. The molecule has 0 spiro atoms. The van der Waals surface area contributed by atoms with Gasteiger partial charge in [0, 0.05) is 18.5 Å². The first-order valence-corrected chi connectivity index (χ1v) is 10.5. The molecule has 7 nitrogen and oxygen atoms in total. The summed E-state index contributed by atoms with van der Waals surface area (Å²) in [4.78, 5) is 3.68. The van der Waals surface area contributed by atoms with Crippen molar-refractivity contribution in [3.63, 3.8) is 0 Å². The Morgan fingerprint density at radius 3 is 2.45 bits per heavy atom. The van der Waals surface area contributed by atoms with E-state index in [9.17, 15) is 16.8 Å². The number of pyridine rings is 1. The summed E-state index contributed by atoms with van der Waals surface area (Å²) in [5.41, 5.74) is 5.71. The van der Waals surface area contributed by atoms with Crippen molar-refractivity contribution in [2.75, 3.05) is 12.8 Å². The molecule has 0 aromatic carbocycles. The molecule has 3 N–H and O–H groups in total. The van der Waals surface area contributed by atoms with Crippen LogP contribution in [0.1, 0.15) is 25.7 Å². The van der Waals surface area contributed by atoms with Crippen molar-refractivity contribution in [1.82, 2.24) is 9.71 Å². The number of sulfonamides is 1. The molecule has 22 heavy (non-hydrogen) atoms. The first-order valence-electron chi connectivity index (χ1n) is 7.12. The molecule has 1 aliphatic carbocycles. The number of nitrogens with one attached hydrogen (secondary N) is 1. The summed E-state index contributed by atoms with van der Waals surface area (Å²) >= 11 is 0. The van der Waals surface area contributed by atoms with Gasteiger partial charge in [0.05, 0.1) is 0 Å². The maximum Gasteiger partial charge on any atom is 0.242 e. The molecule has 124 valence electrons. The van der Waals surface area contributed by atoms with Crippen LogP contribution >= 0.6 is 0 Å². The average molecular weight is 347 g/mol. The van der Waals surface area contributed by atoms with E-state index in [1.807, 2.05) is 0 Å². The Balaban J connectivity index is 2.19. The summed E-state index contributed by atoms with van der Waals surface area (Å²) < 4.78 is 50.1. The lowest BCUT2D eigenvalue weighted by Gasteiger charge is -2.30. The lowest BCUT2D eigenvalue weighted by atomic mass is 9.85. The number of sulfone groups is 1. The minimum absolute atomic E-state index is 0.0405. The fourth-order valence-electron chi connectivity index (χ4n) is 2.66. The smallest absolute Gasteiger partial charge is 0.242 e. The molecule has 9 heteroatoms. The number of hydrogen-bond acceptors (Lipinski definition) is 6. The van der Waals surface area contributed by atoms with Crippen molar-refractivity contribution in [3.05, 3.63) is 18.3 Å². The molecule has 0 bridgehead atoms. The SMILES string of the molecule is CS(=O)(=O)c1ccc(S(=O)(=O)NC2CCCCC2CN)cn1. The van der Waals surface area contributed by atoms with Crippen LogP contribution in [0.25, 0.3) is 0 Å². The Morgan fingerprint density at radius 2 is 1.91 bits per heavy atom. The standard InChI is InChI=1S/C13H21N3O4S2/c1-21(17,18)13-7-6-11(9-15-13)22(19,20)16-12-5-3-2-4-10(12)8-14/h6-7,9-10,12,16H,2-5,8,14H2,1H3. The number of hydrogen-bond donors (Lipinski definition) is 2. The molecule has 0 aliphatic heterocycles. The molecule has 2 unspecified atom stereocenters. The van der Waals surface area contributed by atoms with Gasteiger partial charge in [0.25, 0.3) is 0 Å². The summed E-state index contributed by atoms with van der Waals surface area (Å²) in [7, 11) is -7.18. The predicted octanol–water partition coefficient (Wildman–Crippen LogP) is 0.281. The topological polar surface area (TPSA) is 119 Å². The van der Waals surface area contributed by atoms with Crippen LogP contribution in [0.2, 0.25) is 0 Å². The maximum absolute atomic E-state index is 12.4. The van der Waals surface area contributed by atoms with Crippen LogP contribution in [-0.4, -0.2) is 40.7 Å². The molecule has 1 aromatic rings. The molecule has 1 heterocycles. The van der Waals surface area contributed by atoms with Crippen LogP contribution < -0.4 is 10.5 Å². The summed E-state index contributed by atoms with van der Waals surface area (Å²) in [6.45, 7) is 0.443. The zero-order chi connectivity index (χ0) is 16.4. The maximum atomic E-state index is 12.4. The van der Waals surface area contributed by atoms with Crippen LogP contribution in [0.5, 0.6) is 0 Å². The molecule has 1 fully saturated rings. The molecule has 0 amide bonds. The highest BCUT2D eigenvalue weighted by Gasteiger charge is 2.28. The van der Waals surface area contributed by atoms with Crippen LogP contribution in [0.15, 0.2) is 28.3 Å². The highest BCUT2D eigenvalue weighted by atomic mass is 32.2. The van der Waals surface area contributed by atoms with Crippen molar-refractivity contribution in [2.24, 2.45) is 11.7 Å². The van der Waals surface area contributed by atoms with Crippen molar-refractivity contribution < 1.29 is 16.8 Å². The van der Waals surface area contributed by atoms with E-state index in [0.29, 0.717) is 6.54 Å². The molecule has 1 aliphatic rings. The average Bonchev–Trinajstić information content (AvgIpc) is 2.47. The van der Waals surface area contributed by atoms with Gasteiger partial charge in [0.15, 0.2) is 14.9 Å². The third-order valence-corrected chi connectivity index (χ3v) is 6.39. The fourth-order valence-corrected chi connectivity index (χ4v) is 4.50. The molecule has 0 radical (unpaired) electrons. The van der Waals surface area contributed by atoms with E-state index in [2.05, 4.69) is 9.71 Å². The zero-order valence-corrected chi connectivity index (χ0v) is 14.0. The quantitative estimate of drug-likeness (QED) is 0.789. The Hall–Kier alpha value is -1.03. The predicted molar refractivity (Wildman–Crippen MR) is 82.5 cm³/mol. The first kappa shape index (κ1) is 17.3. The van der Waals surface area contributed by atoms with Gasteiger partial charge in [-0.2, -0.15) is 0 Å². The van der Waals surface area contributed by atoms with Gasteiger partial charge in [0.2, 0.25) is 10.0 Å². The highest BCUT2D eigenvalue weighted by molar-refractivity contribution is 7.90. The third-order valence-electron chi connectivity index (χ3n) is 3.92. The van der Waals surface area contributed by atoms with Crippen LogP contribution in [-0.2, 0) is 19.9 Å². The second-order valence-corrected chi connectivity index (χ2v) is 9.29. The van der Waals surface area contributed by atoms with Crippen LogP contribution in [0.4, 0.5) is 0 Å². The van der Waals surface area contributed by atoms with E-state index < -0.39 is 19.9 Å². The van der Waals surface area contributed by atoms with E-state index in [0.717, 1.165) is 38.1 Å². The highest BCUT2D eigenvalue weighted by Crippen LogP contribution is 2.25. The fraction of sp³-hybridized carbons (Fsp3) is 0.615. The van der Waals surface area contributed by atoms with E-state index in [-0.39, 0.29) is 21.9 Å². The number of rotatable bonds is 5. The number of nitrogens with two attached hydrogens (primary N) is 1. The molecule has 0 saturated heterocycles. The second kappa shape index (κ2) is 6.61. The van der Waals surface area contributed by atoms with Gasteiger partial charge in [-0.05, 0) is 37.4 Å². The number of nitrogens with zero attached hydrogens (tertiary/aromatic N) is 1. The molecule has 2 atom stereocenters. The summed E-state index contributed by atoms with van der Waals surface area (Å²) in [6, 6.07) is 2.27. The van der Waals surface area contributed by atoms with Gasteiger partial charge < -0.3 is 5.73 Å². The van der Waals surface area contributed by atoms with Crippen molar-refractivity contribution in [1.29, 1.82) is 0 Å². The van der Waals surface area contributed by atoms with Crippen molar-refractivity contribution >= 4 is 19.9 Å². The molecular formula is C13H21N3O4S2. The molecule has 1 aromatic heterocycles. The number of aromatic nitrogens is 1.